The molecule has 0 saturated carbocycles. The molecular weight excluding hydrogens is 240 g/mol. The van der Waals surface area contributed by atoms with Crippen LogP contribution in [0.5, 0.6) is 0 Å². The van der Waals surface area contributed by atoms with Gasteiger partial charge in [0, 0.05) is 45.0 Å². The molecule has 1 saturated heterocycles. The second-order valence-electron chi connectivity index (χ2n) is 4.22. The van der Waals surface area contributed by atoms with Crippen LogP contribution in [0.15, 0.2) is 23.5 Å². The standard InChI is InChI=1S/C13H18N6/c1-2-3-5-15-12(14)18-8-10-19(11-9-18)13-16-6-4-7-17-13/h1,4,6-7H,3,5,8-11H2,(H2,14,15). The van der Waals surface area contributed by atoms with Crippen LogP contribution in [0.3, 0.4) is 0 Å². The van der Waals surface area contributed by atoms with E-state index in [1.54, 1.807) is 12.4 Å². The Morgan fingerprint density at radius 3 is 2.63 bits per heavy atom. The summed E-state index contributed by atoms with van der Waals surface area (Å²) in [5, 5.41) is 0. The summed E-state index contributed by atoms with van der Waals surface area (Å²) in [5.41, 5.74) is 5.93. The van der Waals surface area contributed by atoms with Crippen molar-refractivity contribution in [3.05, 3.63) is 18.5 Å². The number of terminal acetylenes is 1. The SMILES string of the molecule is C#CCCN=C(N)N1CCN(c2ncccn2)CC1. The highest BCUT2D eigenvalue weighted by Crippen LogP contribution is 2.09. The zero-order chi connectivity index (χ0) is 13.5. The summed E-state index contributed by atoms with van der Waals surface area (Å²) < 4.78 is 0. The third-order valence-corrected chi connectivity index (χ3v) is 2.97. The van der Waals surface area contributed by atoms with Crippen molar-refractivity contribution < 1.29 is 0 Å². The summed E-state index contributed by atoms with van der Waals surface area (Å²) in [6, 6.07) is 1.82. The number of rotatable bonds is 3. The topological polar surface area (TPSA) is 70.6 Å². The third kappa shape index (κ3) is 3.58. The van der Waals surface area contributed by atoms with Crippen molar-refractivity contribution in [2.24, 2.45) is 10.7 Å². The lowest BCUT2D eigenvalue weighted by Crippen LogP contribution is -2.51. The third-order valence-electron chi connectivity index (χ3n) is 2.97. The summed E-state index contributed by atoms with van der Waals surface area (Å²) in [4.78, 5) is 17.0. The van der Waals surface area contributed by atoms with Gasteiger partial charge in [-0.05, 0) is 6.07 Å². The molecule has 0 radical (unpaired) electrons. The molecule has 2 N–H and O–H groups in total. The number of piperazine rings is 1. The summed E-state index contributed by atoms with van der Waals surface area (Å²) in [6.45, 7) is 3.92. The fraction of sp³-hybridized carbons (Fsp3) is 0.462. The van der Waals surface area contributed by atoms with Gasteiger partial charge in [-0.3, -0.25) is 4.99 Å². The van der Waals surface area contributed by atoms with Crippen LogP contribution in [0.1, 0.15) is 6.42 Å². The first-order chi connectivity index (χ1) is 9.31. The number of anilines is 1. The molecule has 0 aliphatic carbocycles. The van der Waals surface area contributed by atoms with E-state index in [1.165, 1.54) is 0 Å². The molecule has 0 bridgehead atoms. The maximum absolute atomic E-state index is 5.93. The minimum Gasteiger partial charge on any atom is -0.370 e. The molecule has 0 amide bonds. The molecule has 6 nitrogen and oxygen atoms in total. The maximum atomic E-state index is 5.93. The van der Waals surface area contributed by atoms with E-state index in [0.29, 0.717) is 18.9 Å². The van der Waals surface area contributed by atoms with Crippen molar-refractivity contribution in [1.82, 2.24) is 14.9 Å². The van der Waals surface area contributed by atoms with Crippen molar-refractivity contribution in [2.75, 3.05) is 37.6 Å². The summed E-state index contributed by atoms with van der Waals surface area (Å²) in [7, 11) is 0. The summed E-state index contributed by atoms with van der Waals surface area (Å²) >= 11 is 0. The molecule has 6 heteroatoms. The Labute approximate surface area is 113 Å². The van der Waals surface area contributed by atoms with Crippen LogP contribution in [0.4, 0.5) is 5.95 Å². The highest BCUT2D eigenvalue weighted by Gasteiger charge is 2.19. The zero-order valence-electron chi connectivity index (χ0n) is 10.9. The van der Waals surface area contributed by atoms with Crippen molar-refractivity contribution >= 4 is 11.9 Å². The molecule has 1 aromatic rings. The van der Waals surface area contributed by atoms with Crippen LogP contribution in [-0.2, 0) is 0 Å². The van der Waals surface area contributed by atoms with E-state index in [0.717, 1.165) is 32.1 Å². The molecule has 0 aromatic carbocycles. The highest BCUT2D eigenvalue weighted by atomic mass is 15.3. The maximum Gasteiger partial charge on any atom is 0.225 e. The summed E-state index contributed by atoms with van der Waals surface area (Å²) in [6.07, 6.45) is 9.31. The number of aliphatic imine (C=N–C) groups is 1. The number of hydrogen-bond donors (Lipinski definition) is 1. The van der Waals surface area contributed by atoms with Gasteiger partial charge in [-0.25, -0.2) is 9.97 Å². The zero-order valence-corrected chi connectivity index (χ0v) is 10.9. The lowest BCUT2D eigenvalue weighted by molar-refractivity contribution is 0.378. The first-order valence-electron chi connectivity index (χ1n) is 6.31. The van der Waals surface area contributed by atoms with Gasteiger partial charge in [-0.15, -0.1) is 12.3 Å². The Morgan fingerprint density at radius 2 is 2.00 bits per heavy atom. The van der Waals surface area contributed by atoms with Gasteiger partial charge in [-0.1, -0.05) is 0 Å². The first-order valence-corrected chi connectivity index (χ1v) is 6.31. The van der Waals surface area contributed by atoms with Crippen LogP contribution < -0.4 is 10.6 Å². The van der Waals surface area contributed by atoms with Crippen LogP contribution in [-0.4, -0.2) is 53.6 Å². The second-order valence-corrected chi connectivity index (χ2v) is 4.22. The minimum absolute atomic E-state index is 0.573. The van der Waals surface area contributed by atoms with Gasteiger partial charge >= 0.3 is 0 Å². The van der Waals surface area contributed by atoms with Crippen LogP contribution in [0, 0.1) is 12.3 Å². The van der Waals surface area contributed by atoms with Crippen molar-refractivity contribution in [1.29, 1.82) is 0 Å². The number of hydrogen-bond acceptors (Lipinski definition) is 4. The molecule has 2 heterocycles. The van der Waals surface area contributed by atoms with E-state index in [2.05, 4.69) is 30.7 Å². The van der Waals surface area contributed by atoms with Crippen molar-refractivity contribution in [2.45, 2.75) is 6.42 Å². The van der Waals surface area contributed by atoms with Crippen LogP contribution in [0.2, 0.25) is 0 Å². The normalized spacial score (nSPS) is 16.3. The molecule has 0 atom stereocenters. The fourth-order valence-electron chi connectivity index (χ4n) is 1.93. The van der Waals surface area contributed by atoms with Crippen LogP contribution in [0.25, 0.3) is 0 Å². The molecule has 0 spiro atoms. The van der Waals surface area contributed by atoms with Gasteiger partial charge < -0.3 is 15.5 Å². The predicted octanol–water partition coefficient (Wildman–Crippen LogP) is -0.0634. The molecule has 19 heavy (non-hydrogen) atoms. The van der Waals surface area contributed by atoms with Gasteiger partial charge in [0.25, 0.3) is 0 Å². The van der Waals surface area contributed by atoms with Crippen molar-refractivity contribution in [3.63, 3.8) is 0 Å². The Hall–Kier alpha value is -2.29. The largest absolute Gasteiger partial charge is 0.370 e. The monoisotopic (exact) mass is 258 g/mol. The second kappa shape index (κ2) is 6.59. The highest BCUT2D eigenvalue weighted by molar-refractivity contribution is 5.78. The molecular formula is C13H18N6. The number of guanidine groups is 1. The van der Waals surface area contributed by atoms with Gasteiger partial charge in [0.2, 0.25) is 5.95 Å². The fourth-order valence-corrected chi connectivity index (χ4v) is 1.93. The predicted molar refractivity (Wildman–Crippen MR) is 75.8 cm³/mol. The van der Waals surface area contributed by atoms with E-state index < -0.39 is 0 Å². The Bertz CT molecular complexity index is 456. The number of nitrogens with zero attached hydrogens (tertiary/aromatic N) is 5. The Kier molecular flexibility index (Phi) is 4.56. The Balaban J connectivity index is 1.86. The van der Waals surface area contributed by atoms with Gasteiger partial charge in [0.05, 0.1) is 6.54 Å². The lowest BCUT2D eigenvalue weighted by atomic mass is 10.3. The van der Waals surface area contributed by atoms with Gasteiger partial charge in [-0.2, -0.15) is 0 Å². The molecule has 1 fully saturated rings. The molecule has 1 aliphatic heterocycles. The average molecular weight is 258 g/mol. The number of aromatic nitrogens is 2. The van der Waals surface area contributed by atoms with Crippen molar-refractivity contribution in [3.8, 4) is 12.3 Å². The lowest BCUT2D eigenvalue weighted by Gasteiger charge is -2.35. The van der Waals surface area contributed by atoms with Crippen LogP contribution >= 0.6 is 0 Å². The van der Waals surface area contributed by atoms with E-state index in [4.69, 9.17) is 12.2 Å². The quantitative estimate of drug-likeness (QED) is 0.356. The van der Waals surface area contributed by atoms with E-state index >= 15 is 0 Å². The molecule has 1 aliphatic rings. The summed E-state index contributed by atoms with van der Waals surface area (Å²) in [5.74, 6) is 3.89. The van der Waals surface area contributed by atoms with E-state index in [-0.39, 0.29) is 0 Å². The van der Waals surface area contributed by atoms with Gasteiger partial charge in [0.1, 0.15) is 0 Å². The van der Waals surface area contributed by atoms with E-state index in [9.17, 15) is 0 Å². The van der Waals surface area contributed by atoms with E-state index in [1.807, 2.05) is 6.07 Å². The molecule has 2 rings (SSSR count). The molecule has 100 valence electrons. The number of nitrogens with two attached hydrogens (primary N) is 1. The average Bonchev–Trinajstić information content (AvgIpc) is 2.48. The Morgan fingerprint density at radius 1 is 1.32 bits per heavy atom. The first kappa shape index (κ1) is 13.1. The van der Waals surface area contributed by atoms with Gasteiger partial charge in [0.15, 0.2) is 5.96 Å². The molecule has 1 aromatic heterocycles. The smallest absolute Gasteiger partial charge is 0.225 e. The molecule has 0 unspecified atom stereocenters. The minimum atomic E-state index is 0.573.